The average molecular weight is 594 g/mol. The van der Waals surface area contributed by atoms with Crippen molar-refractivity contribution < 1.29 is 18.0 Å². The van der Waals surface area contributed by atoms with E-state index in [1.54, 1.807) is 24.3 Å². The van der Waals surface area contributed by atoms with Gasteiger partial charge in [-0.25, -0.2) is 4.79 Å². The molecule has 3 aromatic heterocycles. The van der Waals surface area contributed by atoms with Crippen LogP contribution < -0.4 is 5.69 Å². The number of halogens is 3. The van der Waals surface area contributed by atoms with Crippen LogP contribution in [0.4, 0.5) is 13.2 Å². The number of pyridine rings is 1. The van der Waals surface area contributed by atoms with Crippen molar-refractivity contribution in [3.05, 3.63) is 82.1 Å². The molecule has 12 heteroatoms. The zero-order valence-corrected chi connectivity index (χ0v) is 24.2. The van der Waals surface area contributed by atoms with Gasteiger partial charge in [-0.15, -0.1) is 10.2 Å². The highest BCUT2D eigenvalue weighted by molar-refractivity contribution is 5.85. The van der Waals surface area contributed by atoms with Crippen molar-refractivity contribution >= 4 is 11.4 Å². The maximum Gasteiger partial charge on any atom is 0.418 e. The predicted octanol–water partition coefficient (Wildman–Crippen LogP) is 4.22. The fourth-order valence-electron chi connectivity index (χ4n) is 7.32. The molecule has 5 heterocycles. The number of rotatable bonds is 6. The van der Waals surface area contributed by atoms with Crippen molar-refractivity contribution in [2.24, 2.45) is 18.4 Å². The van der Waals surface area contributed by atoms with Crippen molar-refractivity contribution in [1.82, 2.24) is 33.5 Å². The van der Waals surface area contributed by atoms with Crippen LogP contribution >= 0.6 is 0 Å². The van der Waals surface area contributed by atoms with Gasteiger partial charge < -0.3 is 9.47 Å². The van der Waals surface area contributed by atoms with Crippen molar-refractivity contribution in [2.75, 3.05) is 26.7 Å². The Kier molecular flexibility index (Phi) is 6.53. The summed E-state index contributed by atoms with van der Waals surface area (Å²) in [7, 11) is 3.69. The Balaban J connectivity index is 1.25. The van der Waals surface area contributed by atoms with Crippen LogP contribution in [-0.2, 0) is 24.6 Å². The number of benzene rings is 1. The van der Waals surface area contributed by atoms with Crippen LogP contribution in [0.1, 0.15) is 60.5 Å². The quantitative estimate of drug-likeness (QED) is 0.335. The van der Waals surface area contributed by atoms with Crippen molar-refractivity contribution in [1.29, 1.82) is 0 Å². The topological polar surface area (TPSA) is 80.7 Å². The number of aromatic nitrogens is 5. The number of imidazole rings is 1. The fraction of sp³-hybridized carbons (Fsp3) is 0.484. The molecule has 1 saturated carbocycles. The van der Waals surface area contributed by atoms with E-state index in [0.717, 1.165) is 47.5 Å². The van der Waals surface area contributed by atoms with Crippen LogP contribution in [0.15, 0.2) is 53.8 Å². The zero-order chi connectivity index (χ0) is 30.1. The van der Waals surface area contributed by atoms with Gasteiger partial charge in [-0.2, -0.15) is 13.2 Å². The second-order valence-electron chi connectivity index (χ2n) is 12.6. The number of carbonyl (C=O) groups excluding carboxylic acids is 1. The van der Waals surface area contributed by atoms with E-state index in [1.807, 2.05) is 34.7 Å². The Morgan fingerprint density at radius 1 is 1.07 bits per heavy atom. The molecular weight excluding hydrogens is 559 g/mol. The van der Waals surface area contributed by atoms with E-state index in [-0.39, 0.29) is 23.9 Å². The largest absolute Gasteiger partial charge is 0.418 e. The molecule has 3 fully saturated rings. The number of alkyl halides is 3. The molecule has 0 bridgehead atoms. The first kappa shape index (κ1) is 27.9. The monoisotopic (exact) mass is 593 g/mol. The van der Waals surface area contributed by atoms with E-state index in [4.69, 9.17) is 0 Å². The number of fused-ring (bicyclic) bond motifs is 1. The van der Waals surface area contributed by atoms with Gasteiger partial charge in [0.25, 0.3) is 0 Å². The highest BCUT2D eigenvalue weighted by Gasteiger charge is 2.49. The van der Waals surface area contributed by atoms with Crippen LogP contribution in [0, 0.1) is 11.3 Å². The van der Waals surface area contributed by atoms with Crippen LogP contribution in [0.3, 0.4) is 0 Å². The predicted molar refractivity (Wildman–Crippen MR) is 153 cm³/mol. The second-order valence-corrected chi connectivity index (χ2v) is 12.6. The molecule has 1 spiro atoms. The summed E-state index contributed by atoms with van der Waals surface area (Å²) < 4.78 is 47.5. The molecule has 1 aromatic carbocycles. The van der Waals surface area contributed by atoms with Gasteiger partial charge in [0.15, 0.2) is 0 Å². The van der Waals surface area contributed by atoms with Crippen LogP contribution in [0.25, 0.3) is 11.2 Å². The van der Waals surface area contributed by atoms with Crippen molar-refractivity contribution in [3.8, 4) is 5.69 Å². The molecule has 1 aliphatic carbocycles. The van der Waals surface area contributed by atoms with Gasteiger partial charge in [0, 0.05) is 52.0 Å². The molecule has 2 atom stereocenters. The van der Waals surface area contributed by atoms with Gasteiger partial charge in [-0.3, -0.25) is 18.7 Å². The Labute approximate surface area is 246 Å². The zero-order valence-electron chi connectivity index (χ0n) is 24.2. The van der Waals surface area contributed by atoms with E-state index in [1.165, 1.54) is 17.0 Å². The minimum atomic E-state index is -4.65. The molecule has 2 saturated heterocycles. The molecule has 43 heavy (non-hydrogen) atoms. The van der Waals surface area contributed by atoms with Gasteiger partial charge in [0.1, 0.15) is 12.2 Å². The Hall–Kier alpha value is -3.93. The van der Waals surface area contributed by atoms with Gasteiger partial charge in [0.05, 0.1) is 22.2 Å². The summed E-state index contributed by atoms with van der Waals surface area (Å²) in [6, 6.07) is 8.58. The Bertz CT molecular complexity index is 1770. The maximum absolute atomic E-state index is 14.4. The standard InChI is InChI=1S/C31H34F3N7O2/c1-37-11-9-30(28(37)42)10-12-39(18-30)15-20-13-24(31(32,33)34)25-17-40(29(43)41(25)16-20)23-8-4-7-22(14-23)26(21-5-3-6-21)27-36-35-19-38(27)2/h4,7-8,13-14,16-17,19,21,26H,3,5-6,9-12,15,18H2,1-2H3/t26-,30?/m1/s1. The number of hydrogen-bond donors (Lipinski definition) is 0. The van der Waals surface area contributed by atoms with Gasteiger partial charge in [-0.05, 0) is 67.5 Å². The SMILES string of the molecule is CN1CCC2(CCN(Cc3cc(C(F)(F)F)c4cn(-c5cccc([C@H](c6nncn6C)C6CCC6)c5)c(=O)n4c3)C2)C1=O. The minimum absolute atomic E-state index is 0.0263. The normalized spacial score (nSPS) is 22.3. The Morgan fingerprint density at radius 3 is 2.51 bits per heavy atom. The summed E-state index contributed by atoms with van der Waals surface area (Å²) in [5.41, 5.74) is -0.236. The number of amides is 1. The van der Waals surface area contributed by atoms with E-state index >= 15 is 0 Å². The minimum Gasteiger partial charge on any atom is -0.345 e. The lowest BCUT2D eigenvalue weighted by atomic mass is 9.72. The highest BCUT2D eigenvalue weighted by atomic mass is 19.4. The van der Waals surface area contributed by atoms with Gasteiger partial charge >= 0.3 is 11.9 Å². The van der Waals surface area contributed by atoms with E-state index in [9.17, 15) is 22.8 Å². The number of hydrogen-bond acceptors (Lipinski definition) is 5. The maximum atomic E-state index is 14.4. The van der Waals surface area contributed by atoms with Crippen LogP contribution in [0.5, 0.6) is 0 Å². The molecule has 226 valence electrons. The molecular formula is C31H34F3N7O2. The van der Waals surface area contributed by atoms with Gasteiger partial charge in [0.2, 0.25) is 5.91 Å². The number of likely N-dealkylation sites (tertiary alicyclic amines) is 2. The lowest BCUT2D eigenvalue weighted by Gasteiger charge is -2.33. The molecule has 7 rings (SSSR count). The molecule has 4 aromatic rings. The molecule has 0 radical (unpaired) electrons. The smallest absolute Gasteiger partial charge is 0.345 e. The number of carbonyl (C=O) groups is 1. The van der Waals surface area contributed by atoms with E-state index < -0.39 is 22.8 Å². The summed E-state index contributed by atoms with van der Waals surface area (Å²) in [5.74, 6) is 1.29. The average Bonchev–Trinajstić information content (AvgIpc) is 3.70. The van der Waals surface area contributed by atoms with E-state index in [2.05, 4.69) is 10.2 Å². The lowest BCUT2D eigenvalue weighted by Crippen LogP contribution is -2.35. The molecule has 9 nitrogen and oxygen atoms in total. The van der Waals surface area contributed by atoms with Gasteiger partial charge in [-0.1, -0.05) is 18.6 Å². The third kappa shape index (κ3) is 4.66. The van der Waals surface area contributed by atoms with Crippen LogP contribution in [0.2, 0.25) is 0 Å². The Morgan fingerprint density at radius 2 is 1.86 bits per heavy atom. The highest BCUT2D eigenvalue weighted by Crippen LogP contribution is 2.43. The molecule has 3 aliphatic rings. The fourth-order valence-corrected chi connectivity index (χ4v) is 7.32. The third-order valence-electron chi connectivity index (χ3n) is 9.85. The molecule has 0 N–H and O–H groups in total. The lowest BCUT2D eigenvalue weighted by molar-refractivity contribution is -0.136. The van der Waals surface area contributed by atoms with Crippen molar-refractivity contribution in [3.63, 3.8) is 0 Å². The third-order valence-corrected chi connectivity index (χ3v) is 9.85. The first-order valence-corrected chi connectivity index (χ1v) is 14.8. The second kappa shape index (κ2) is 10.1. The van der Waals surface area contributed by atoms with E-state index in [0.29, 0.717) is 43.2 Å². The summed E-state index contributed by atoms with van der Waals surface area (Å²) >= 11 is 0. The van der Waals surface area contributed by atoms with Crippen molar-refractivity contribution in [2.45, 2.75) is 50.7 Å². The summed E-state index contributed by atoms with van der Waals surface area (Å²) in [5, 5.41) is 8.43. The molecule has 1 unspecified atom stereocenters. The summed E-state index contributed by atoms with van der Waals surface area (Å²) in [6.07, 6.45) is 4.49. The van der Waals surface area contributed by atoms with Crippen LogP contribution in [-0.4, -0.2) is 66.1 Å². The number of aryl methyl sites for hydroxylation is 1. The number of nitrogens with zero attached hydrogens (tertiary/aromatic N) is 7. The first-order chi connectivity index (χ1) is 20.5. The molecule has 2 aliphatic heterocycles. The summed E-state index contributed by atoms with van der Waals surface area (Å²) in [4.78, 5) is 30.2. The first-order valence-electron chi connectivity index (χ1n) is 14.8. The summed E-state index contributed by atoms with van der Waals surface area (Å²) in [6.45, 7) is 2.05. The molecule has 1 amide bonds.